The molecule has 0 fully saturated rings. The molecule has 0 atom stereocenters. The molecule has 0 aliphatic rings. The van der Waals surface area contributed by atoms with Gasteiger partial charge in [-0.25, -0.2) is 19.0 Å². The summed E-state index contributed by atoms with van der Waals surface area (Å²) in [7, 11) is 0. The number of esters is 1. The summed E-state index contributed by atoms with van der Waals surface area (Å²) in [5.41, 5.74) is 8.24. The highest BCUT2D eigenvalue weighted by molar-refractivity contribution is 7.07. The van der Waals surface area contributed by atoms with Crippen LogP contribution in [0.25, 0.3) is 22.3 Å². The maximum absolute atomic E-state index is 13.3. The highest BCUT2D eigenvalue weighted by atomic mass is 32.1. The Labute approximate surface area is 167 Å². The van der Waals surface area contributed by atoms with E-state index in [1.807, 2.05) is 5.38 Å². The molecule has 2 aromatic heterocycles. The lowest BCUT2D eigenvalue weighted by Crippen LogP contribution is -2.18. The molecule has 0 unspecified atom stereocenters. The number of primary amides is 1. The molecule has 4 aromatic rings. The molecule has 7 nitrogen and oxygen atoms in total. The summed E-state index contributed by atoms with van der Waals surface area (Å²) in [6.45, 7) is 0.249. The molecule has 29 heavy (non-hydrogen) atoms. The van der Waals surface area contributed by atoms with Crippen LogP contribution in [0.2, 0.25) is 0 Å². The number of benzene rings is 2. The van der Waals surface area contributed by atoms with Gasteiger partial charge in [-0.3, -0.25) is 0 Å². The maximum atomic E-state index is 13.3. The van der Waals surface area contributed by atoms with E-state index >= 15 is 0 Å². The molecule has 0 spiro atoms. The summed E-state index contributed by atoms with van der Waals surface area (Å²) in [4.78, 5) is 27.8. The average Bonchev–Trinajstić information content (AvgIpc) is 3.33. The van der Waals surface area contributed by atoms with Crippen molar-refractivity contribution in [2.45, 2.75) is 6.61 Å². The van der Waals surface area contributed by atoms with E-state index in [1.54, 1.807) is 23.7 Å². The van der Waals surface area contributed by atoms with Crippen LogP contribution < -0.4 is 10.5 Å². The van der Waals surface area contributed by atoms with Gasteiger partial charge in [0.15, 0.2) is 0 Å². The maximum Gasteiger partial charge on any atom is 0.412 e. The third kappa shape index (κ3) is 3.94. The number of thiazole rings is 1. The Kier molecular flexibility index (Phi) is 4.96. The molecule has 0 aliphatic heterocycles. The van der Waals surface area contributed by atoms with E-state index in [2.05, 4.69) is 9.72 Å². The minimum absolute atomic E-state index is 0.00971. The molecular formula is C20H13FN2O5S. The Bertz CT molecular complexity index is 1190. The average molecular weight is 412 g/mol. The van der Waals surface area contributed by atoms with Gasteiger partial charge in [-0.05, 0) is 42.5 Å². The third-order valence-corrected chi connectivity index (χ3v) is 4.67. The predicted molar refractivity (Wildman–Crippen MR) is 103 cm³/mol. The number of nitrogens with zero attached hydrogens (tertiary/aromatic N) is 1. The molecule has 2 N–H and O–H groups in total. The van der Waals surface area contributed by atoms with E-state index in [1.165, 1.54) is 35.6 Å². The zero-order chi connectivity index (χ0) is 20.4. The minimum atomic E-state index is -1.25. The van der Waals surface area contributed by atoms with Gasteiger partial charge in [0.05, 0.1) is 11.2 Å². The number of hydrogen-bond acceptors (Lipinski definition) is 7. The second-order valence-electron chi connectivity index (χ2n) is 5.95. The second kappa shape index (κ2) is 7.72. The second-order valence-corrected chi connectivity index (χ2v) is 6.67. The SMILES string of the molecule is NC(=O)OC(=O)c1c(-c2ccc(F)cc2)oc2ccc(OCc3cscn3)cc12. The Morgan fingerprint density at radius 1 is 1.17 bits per heavy atom. The van der Waals surface area contributed by atoms with Crippen LogP contribution in [0.1, 0.15) is 16.1 Å². The van der Waals surface area contributed by atoms with Gasteiger partial charge in [0, 0.05) is 16.3 Å². The molecule has 2 aromatic carbocycles. The molecule has 0 saturated carbocycles. The summed E-state index contributed by atoms with van der Waals surface area (Å²) in [6, 6.07) is 10.3. The van der Waals surface area contributed by atoms with Crippen molar-refractivity contribution in [2.75, 3.05) is 0 Å². The van der Waals surface area contributed by atoms with Crippen LogP contribution in [-0.4, -0.2) is 17.0 Å². The number of amides is 1. The standard InChI is InChI=1S/C20H13FN2O5S/c21-12-3-1-11(2-4-12)18-17(19(24)28-20(22)25)15-7-14(5-6-16(15)27-18)26-8-13-9-29-10-23-13/h1-7,9-10H,8H2,(H2,22,25). The monoisotopic (exact) mass is 412 g/mol. The number of carbonyl (C=O) groups is 2. The van der Waals surface area contributed by atoms with Gasteiger partial charge >= 0.3 is 12.1 Å². The van der Waals surface area contributed by atoms with E-state index in [9.17, 15) is 14.0 Å². The van der Waals surface area contributed by atoms with Crippen molar-refractivity contribution in [3.8, 4) is 17.1 Å². The fraction of sp³-hybridized carbons (Fsp3) is 0.0500. The van der Waals surface area contributed by atoms with Crippen LogP contribution >= 0.6 is 11.3 Å². The first-order chi connectivity index (χ1) is 14.0. The van der Waals surface area contributed by atoms with Crippen LogP contribution in [0.4, 0.5) is 9.18 Å². The minimum Gasteiger partial charge on any atom is -0.487 e. The molecule has 0 bridgehead atoms. The normalized spacial score (nSPS) is 10.8. The van der Waals surface area contributed by atoms with E-state index in [0.29, 0.717) is 22.3 Å². The van der Waals surface area contributed by atoms with Crippen molar-refractivity contribution in [2.24, 2.45) is 5.73 Å². The van der Waals surface area contributed by atoms with Gasteiger partial charge in [-0.1, -0.05) is 0 Å². The molecule has 2 heterocycles. The van der Waals surface area contributed by atoms with Gasteiger partial charge in [0.2, 0.25) is 0 Å². The number of hydrogen-bond donors (Lipinski definition) is 1. The number of halogens is 1. The van der Waals surface area contributed by atoms with Crippen molar-refractivity contribution in [1.82, 2.24) is 4.98 Å². The Hall–Kier alpha value is -3.72. The zero-order valence-corrected chi connectivity index (χ0v) is 15.6. The third-order valence-electron chi connectivity index (χ3n) is 4.03. The highest BCUT2D eigenvalue weighted by Crippen LogP contribution is 2.36. The van der Waals surface area contributed by atoms with Crippen LogP contribution in [0, 0.1) is 5.82 Å². The Morgan fingerprint density at radius 3 is 2.66 bits per heavy atom. The predicted octanol–water partition coefficient (Wildman–Crippen LogP) is 4.51. The number of fused-ring (bicyclic) bond motifs is 1. The summed E-state index contributed by atoms with van der Waals surface area (Å²) < 4.78 is 29.4. The smallest absolute Gasteiger partial charge is 0.412 e. The largest absolute Gasteiger partial charge is 0.487 e. The van der Waals surface area contributed by atoms with Crippen molar-refractivity contribution in [3.05, 3.63) is 70.4 Å². The number of furan rings is 1. The number of ether oxygens (including phenoxy) is 2. The number of rotatable bonds is 5. The highest BCUT2D eigenvalue weighted by Gasteiger charge is 2.25. The topological polar surface area (TPSA) is 105 Å². The quantitative estimate of drug-likeness (QED) is 0.382. The van der Waals surface area contributed by atoms with Gasteiger partial charge in [0.25, 0.3) is 0 Å². The summed E-state index contributed by atoms with van der Waals surface area (Å²) in [5.74, 6) is -0.830. The van der Waals surface area contributed by atoms with Gasteiger partial charge in [-0.15, -0.1) is 11.3 Å². The number of carbonyl (C=O) groups excluding carboxylic acids is 2. The van der Waals surface area contributed by atoms with E-state index < -0.39 is 17.9 Å². The van der Waals surface area contributed by atoms with Crippen molar-refractivity contribution in [3.63, 3.8) is 0 Å². The summed E-state index contributed by atoms with van der Waals surface area (Å²) >= 11 is 1.45. The first-order valence-corrected chi connectivity index (χ1v) is 9.29. The van der Waals surface area contributed by atoms with Crippen molar-refractivity contribution < 1.29 is 27.9 Å². The van der Waals surface area contributed by atoms with Crippen LogP contribution in [0.5, 0.6) is 5.75 Å². The molecule has 0 radical (unpaired) electrons. The van der Waals surface area contributed by atoms with Crippen LogP contribution in [-0.2, 0) is 11.3 Å². The molecule has 4 rings (SSSR count). The lowest BCUT2D eigenvalue weighted by molar-refractivity contribution is 0.0640. The Morgan fingerprint density at radius 2 is 1.97 bits per heavy atom. The summed E-state index contributed by atoms with van der Waals surface area (Å²) in [5, 5.41) is 2.23. The van der Waals surface area contributed by atoms with Crippen molar-refractivity contribution >= 4 is 34.4 Å². The number of nitrogens with two attached hydrogens (primary N) is 1. The van der Waals surface area contributed by atoms with Gasteiger partial charge < -0.3 is 19.6 Å². The van der Waals surface area contributed by atoms with E-state index in [-0.39, 0.29) is 17.9 Å². The molecular weight excluding hydrogens is 399 g/mol. The zero-order valence-electron chi connectivity index (χ0n) is 14.8. The Balaban J connectivity index is 1.78. The summed E-state index contributed by atoms with van der Waals surface area (Å²) in [6.07, 6.45) is -1.25. The molecule has 0 aliphatic carbocycles. The lowest BCUT2D eigenvalue weighted by atomic mass is 10.1. The molecule has 0 saturated heterocycles. The van der Waals surface area contributed by atoms with Crippen LogP contribution in [0.3, 0.4) is 0 Å². The first kappa shape index (κ1) is 18.6. The van der Waals surface area contributed by atoms with E-state index in [0.717, 1.165) is 5.69 Å². The van der Waals surface area contributed by atoms with Crippen LogP contribution in [0.15, 0.2) is 57.8 Å². The lowest BCUT2D eigenvalue weighted by Gasteiger charge is -2.05. The van der Waals surface area contributed by atoms with Crippen molar-refractivity contribution in [1.29, 1.82) is 0 Å². The number of aromatic nitrogens is 1. The molecule has 1 amide bonds. The molecule has 146 valence electrons. The van der Waals surface area contributed by atoms with E-state index in [4.69, 9.17) is 14.9 Å². The fourth-order valence-electron chi connectivity index (χ4n) is 2.78. The van der Waals surface area contributed by atoms with Gasteiger partial charge in [-0.2, -0.15) is 0 Å². The van der Waals surface area contributed by atoms with Gasteiger partial charge in [0.1, 0.15) is 35.1 Å². The molecule has 9 heteroatoms. The first-order valence-electron chi connectivity index (χ1n) is 8.35. The fourth-order valence-corrected chi connectivity index (χ4v) is 3.33.